The first-order valence-corrected chi connectivity index (χ1v) is 5.87. The molecule has 0 aliphatic rings. The minimum Gasteiger partial charge on any atom is -0.459 e. The number of ether oxygens (including phenoxy) is 1. The summed E-state index contributed by atoms with van der Waals surface area (Å²) >= 11 is 0. The molecule has 2 heterocycles. The Kier molecular flexibility index (Phi) is 3.62. The molecular formula is C14H13N3O2. The molecule has 0 unspecified atom stereocenters. The highest BCUT2D eigenvalue weighted by Crippen LogP contribution is 2.14. The van der Waals surface area contributed by atoms with E-state index in [2.05, 4.69) is 5.10 Å². The number of hydrogen-bond acceptors (Lipinski definition) is 4. The molecule has 0 saturated heterocycles. The van der Waals surface area contributed by atoms with Crippen LogP contribution >= 0.6 is 0 Å². The molecule has 0 N–H and O–H groups in total. The summed E-state index contributed by atoms with van der Waals surface area (Å²) in [4.78, 5) is 11.7. The van der Waals surface area contributed by atoms with Gasteiger partial charge in [0.1, 0.15) is 11.6 Å². The summed E-state index contributed by atoms with van der Waals surface area (Å²) in [5.74, 6) is -0.618. The number of nitriles is 1. The Balaban J connectivity index is 2.38. The van der Waals surface area contributed by atoms with Gasteiger partial charge in [0.15, 0.2) is 0 Å². The van der Waals surface area contributed by atoms with Crippen molar-refractivity contribution in [2.24, 2.45) is 0 Å². The van der Waals surface area contributed by atoms with E-state index in [-0.39, 0.29) is 11.7 Å². The summed E-state index contributed by atoms with van der Waals surface area (Å²) in [5, 5.41) is 13.2. The van der Waals surface area contributed by atoms with Crippen molar-refractivity contribution < 1.29 is 9.53 Å². The van der Waals surface area contributed by atoms with E-state index < -0.39 is 5.97 Å². The van der Waals surface area contributed by atoms with Crippen molar-refractivity contribution in [3.05, 3.63) is 41.7 Å². The fourth-order valence-electron chi connectivity index (χ4n) is 1.64. The van der Waals surface area contributed by atoms with E-state index in [1.165, 1.54) is 6.08 Å². The van der Waals surface area contributed by atoms with Crippen molar-refractivity contribution in [3.8, 4) is 6.07 Å². The van der Waals surface area contributed by atoms with Gasteiger partial charge in [-0.05, 0) is 32.1 Å². The highest BCUT2D eigenvalue weighted by Gasteiger charge is 2.13. The highest BCUT2D eigenvalue weighted by molar-refractivity contribution is 5.99. The standard InChI is InChI=1S/C14H13N3O2/c1-10(2)19-14(18)11(8-15)7-12-9-16-17-6-4-3-5-13(12)17/h3-7,9-10H,1-2H3/b11-7-. The van der Waals surface area contributed by atoms with Crippen LogP contribution in [0.3, 0.4) is 0 Å². The molecule has 0 saturated carbocycles. The second kappa shape index (κ2) is 5.36. The topological polar surface area (TPSA) is 67.4 Å². The minimum atomic E-state index is -0.618. The van der Waals surface area contributed by atoms with Crippen LogP contribution in [-0.2, 0) is 9.53 Å². The van der Waals surface area contributed by atoms with Crippen molar-refractivity contribution in [3.63, 3.8) is 0 Å². The molecule has 0 aromatic carbocycles. The van der Waals surface area contributed by atoms with Crippen LogP contribution in [0, 0.1) is 11.3 Å². The predicted molar refractivity (Wildman–Crippen MR) is 70.0 cm³/mol. The average molecular weight is 255 g/mol. The Morgan fingerprint density at radius 3 is 3.00 bits per heavy atom. The fourth-order valence-corrected chi connectivity index (χ4v) is 1.64. The number of nitrogens with zero attached hydrogens (tertiary/aromatic N) is 3. The van der Waals surface area contributed by atoms with Gasteiger partial charge in [-0.1, -0.05) is 6.07 Å². The zero-order valence-electron chi connectivity index (χ0n) is 10.7. The first kappa shape index (κ1) is 12.8. The van der Waals surface area contributed by atoms with Crippen LogP contribution in [0.4, 0.5) is 0 Å². The van der Waals surface area contributed by atoms with E-state index in [1.807, 2.05) is 24.3 Å². The lowest BCUT2D eigenvalue weighted by Crippen LogP contribution is -2.12. The molecule has 0 aliphatic heterocycles. The number of aromatic nitrogens is 2. The summed E-state index contributed by atoms with van der Waals surface area (Å²) in [5.41, 5.74) is 1.50. The van der Waals surface area contributed by atoms with Crippen molar-refractivity contribution in [1.82, 2.24) is 9.61 Å². The van der Waals surface area contributed by atoms with Crippen LogP contribution in [0.2, 0.25) is 0 Å². The SMILES string of the molecule is CC(C)OC(=O)/C(C#N)=C\c1cnn2ccccc12. The van der Waals surface area contributed by atoms with E-state index >= 15 is 0 Å². The Morgan fingerprint density at radius 1 is 1.53 bits per heavy atom. The summed E-state index contributed by atoms with van der Waals surface area (Å²) in [6, 6.07) is 7.44. The second-order valence-electron chi connectivity index (χ2n) is 4.25. The van der Waals surface area contributed by atoms with Gasteiger partial charge in [-0.2, -0.15) is 10.4 Å². The lowest BCUT2D eigenvalue weighted by Gasteiger charge is -2.06. The quantitative estimate of drug-likeness (QED) is 0.479. The van der Waals surface area contributed by atoms with Gasteiger partial charge in [-0.25, -0.2) is 9.31 Å². The third-order valence-corrected chi connectivity index (χ3v) is 2.44. The maximum atomic E-state index is 11.7. The molecule has 0 atom stereocenters. The molecule has 0 radical (unpaired) electrons. The predicted octanol–water partition coefficient (Wildman–Crippen LogP) is 2.19. The molecule has 0 spiro atoms. The lowest BCUT2D eigenvalue weighted by molar-refractivity contribution is -0.142. The molecule has 0 aliphatic carbocycles. The molecule has 19 heavy (non-hydrogen) atoms. The third kappa shape index (κ3) is 2.80. The van der Waals surface area contributed by atoms with Gasteiger partial charge in [-0.3, -0.25) is 0 Å². The van der Waals surface area contributed by atoms with Crippen LogP contribution in [-0.4, -0.2) is 21.7 Å². The first-order valence-electron chi connectivity index (χ1n) is 5.87. The van der Waals surface area contributed by atoms with Crippen molar-refractivity contribution in [1.29, 1.82) is 5.26 Å². The monoisotopic (exact) mass is 255 g/mol. The maximum absolute atomic E-state index is 11.7. The van der Waals surface area contributed by atoms with E-state index in [0.29, 0.717) is 5.56 Å². The van der Waals surface area contributed by atoms with Crippen LogP contribution in [0.25, 0.3) is 11.6 Å². The number of rotatable bonds is 3. The summed E-state index contributed by atoms with van der Waals surface area (Å²) in [6.07, 6.45) is 4.64. The van der Waals surface area contributed by atoms with E-state index in [1.54, 1.807) is 30.8 Å². The summed E-state index contributed by atoms with van der Waals surface area (Å²) in [7, 11) is 0. The summed E-state index contributed by atoms with van der Waals surface area (Å²) < 4.78 is 6.68. The molecule has 5 nitrogen and oxygen atoms in total. The first-order chi connectivity index (χ1) is 9.11. The Bertz CT molecular complexity index is 677. The smallest absolute Gasteiger partial charge is 0.349 e. The number of hydrogen-bond donors (Lipinski definition) is 0. The molecule has 2 aromatic heterocycles. The van der Waals surface area contributed by atoms with Crippen LogP contribution in [0.15, 0.2) is 36.2 Å². The second-order valence-corrected chi connectivity index (χ2v) is 4.25. The molecule has 96 valence electrons. The number of pyridine rings is 1. The van der Waals surface area contributed by atoms with Crippen LogP contribution in [0.5, 0.6) is 0 Å². The van der Waals surface area contributed by atoms with Gasteiger partial charge >= 0.3 is 5.97 Å². The van der Waals surface area contributed by atoms with Crippen molar-refractivity contribution in [2.75, 3.05) is 0 Å². The number of esters is 1. The van der Waals surface area contributed by atoms with Gasteiger partial charge in [0.2, 0.25) is 0 Å². The molecule has 2 aromatic rings. The van der Waals surface area contributed by atoms with E-state index in [4.69, 9.17) is 10.00 Å². The number of carbonyl (C=O) groups excluding carboxylic acids is 1. The molecule has 0 amide bonds. The minimum absolute atomic E-state index is 0.0348. The molecular weight excluding hydrogens is 242 g/mol. The Hall–Kier alpha value is -2.61. The van der Waals surface area contributed by atoms with Gasteiger partial charge in [0.25, 0.3) is 0 Å². The van der Waals surface area contributed by atoms with E-state index in [0.717, 1.165) is 5.52 Å². The highest BCUT2D eigenvalue weighted by atomic mass is 16.5. The normalized spacial score (nSPS) is 11.6. The third-order valence-electron chi connectivity index (χ3n) is 2.44. The van der Waals surface area contributed by atoms with Crippen molar-refractivity contribution >= 4 is 17.6 Å². The largest absolute Gasteiger partial charge is 0.459 e. The van der Waals surface area contributed by atoms with Gasteiger partial charge in [0, 0.05) is 11.8 Å². The molecule has 2 rings (SSSR count). The Morgan fingerprint density at radius 2 is 2.32 bits per heavy atom. The Labute approximate surface area is 110 Å². The van der Waals surface area contributed by atoms with Crippen molar-refractivity contribution in [2.45, 2.75) is 20.0 Å². The van der Waals surface area contributed by atoms with Crippen LogP contribution < -0.4 is 0 Å². The van der Waals surface area contributed by atoms with Gasteiger partial charge < -0.3 is 4.74 Å². The zero-order valence-corrected chi connectivity index (χ0v) is 10.7. The number of fused-ring (bicyclic) bond motifs is 1. The molecule has 5 heteroatoms. The summed E-state index contributed by atoms with van der Waals surface area (Å²) in [6.45, 7) is 3.48. The van der Waals surface area contributed by atoms with E-state index in [9.17, 15) is 4.79 Å². The van der Waals surface area contributed by atoms with Gasteiger partial charge in [0.05, 0.1) is 17.8 Å². The maximum Gasteiger partial charge on any atom is 0.349 e. The fraction of sp³-hybridized carbons (Fsp3) is 0.214. The zero-order chi connectivity index (χ0) is 13.8. The lowest BCUT2D eigenvalue weighted by atomic mass is 10.2. The van der Waals surface area contributed by atoms with Crippen LogP contribution in [0.1, 0.15) is 19.4 Å². The number of carbonyl (C=O) groups is 1. The molecule has 0 fully saturated rings. The molecule has 0 bridgehead atoms. The van der Waals surface area contributed by atoms with Gasteiger partial charge in [-0.15, -0.1) is 0 Å². The average Bonchev–Trinajstić information content (AvgIpc) is 2.78.